The van der Waals surface area contributed by atoms with Crippen molar-refractivity contribution >= 4 is 40.4 Å². The van der Waals surface area contributed by atoms with Crippen molar-refractivity contribution in [2.24, 2.45) is 0 Å². The second-order valence-corrected chi connectivity index (χ2v) is 9.09. The average molecular weight is 507 g/mol. The number of benzene rings is 1. The Morgan fingerprint density at radius 2 is 1.87 bits per heavy atom. The first-order valence-electron chi connectivity index (χ1n) is 12.6. The summed E-state index contributed by atoms with van der Waals surface area (Å²) in [6.07, 6.45) is 7.89. The molecule has 9 nitrogen and oxygen atoms in total. The van der Waals surface area contributed by atoms with Gasteiger partial charge in [0.15, 0.2) is 5.65 Å². The highest BCUT2D eigenvalue weighted by Gasteiger charge is 2.20. The summed E-state index contributed by atoms with van der Waals surface area (Å²) in [6, 6.07) is 17.9. The summed E-state index contributed by atoms with van der Waals surface area (Å²) in [6.45, 7) is 2.91. The van der Waals surface area contributed by atoms with Gasteiger partial charge in [0.2, 0.25) is 0 Å². The Kier molecular flexibility index (Phi) is 6.49. The van der Waals surface area contributed by atoms with Gasteiger partial charge in [0, 0.05) is 42.4 Å². The summed E-state index contributed by atoms with van der Waals surface area (Å²) >= 11 is 0. The van der Waals surface area contributed by atoms with Crippen LogP contribution in [0.1, 0.15) is 23.5 Å². The predicted molar refractivity (Wildman–Crippen MR) is 146 cm³/mol. The Balaban J connectivity index is 1.43. The molecule has 1 aliphatic heterocycles. The molecule has 5 heterocycles. The first kappa shape index (κ1) is 23.7. The lowest BCUT2D eigenvalue weighted by molar-refractivity contribution is -0.136. The van der Waals surface area contributed by atoms with Crippen LogP contribution in [0.25, 0.3) is 40.0 Å². The van der Waals surface area contributed by atoms with Crippen LogP contribution in [-0.2, 0) is 16.0 Å². The molecule has 0 unspecified atom stereocenters. The summed E-state index contributed by atoms with van der Waals surface area (Å²) in [5, 5.41) is 14.7. The van der Waals surface area contributed by atoms with E-state index < -0.39 is 5.97 Å². The van der Waals surface area contributed by atoms with E-state index in [2.05, 4.69) is 21.0 Å². The average Bonchev–Trinajstić information content (AvgIpc) is 3.34. The van der Waals surface area contributed by atoms with Crippen LogP contribution in [0.3, 0.4) is 0 Å². The third-order valence-corrected chi connectivity index (χ3v) is 6.60. The van der Waals surface area contributed by atoms with Gasteiger partial charge >= 0.3 is 5.97 Å². The van der Waals surface area contributed by atoms with Crippen molar-refractivity contribution in [1.29, 1.82) is 0 Å². The van der Waals surface area contributed by atoms with E-state index in [0.717, 1.165) is 63.7 Å². The molecule has 0 atom stereocenters. The number of pyridine rings is 2. The fraction of sp³-hybridized carbons (Fsp3) is 0.207. The zero-order valence-electron chi connectivity index (χ0n) is 20.7. The summed E-state index contributed by atoms with van der Waals surface area (Å²) in [7, 11) is 0. The number of aliphatic carboxylic acids is 1. The zero-order chi connectivity index (χ0) is 25.9. The number of carboxylic acid groups (broad SMARTS) is 1. The number of anilines is 1. The van der Waals surface area contributed by atoms with Gasteiger partial charge < -0.3 is 14.7 Å². The number of para-hydroxylation sites is 1. The van der Waals surface area contributed by atoms with Gasteiger partial charge in [-0.15, -0.1) is 0 Å². The minimum atomic E-state index is -0.841. The van der Waals surface area contributed by atoms with Gasteiger partial charge in [-0.3, -0.25) is 9.78 Å². The van der Waals surface area contributed by atoms with E-state index >= 15 is 0 Å². The van der Waals surface area contributed by atoms with E-state index in [9.17, 15) is 4.79 Å². The van der Waals surface area contributed by atoms with E-state index in [0.29, 0.717) is 19.6 Å². The maximum atomic E-state index is 11.0. The highest BCUT2D eigenvalue weighted by atomic mass is 16.5. The number of hydrogen-bond acceptors (Lipinski definition) is 7. The molecule has 0 saturated carbocycles. The van der Waals surface area contributed by atoms with Crippen LogP contribution >= 0.6 is 0 Å². The number of rotatable bonds is 7. The largest absolute Gasteiger partial charge is 0.481 e. The predicted octanol–water partition coefficient (Wildman–Crippen LogP) is 4.36. The van der Waals surface area contributed by atoms with Crippen molar-refractivity contribution in [1.82, 2.24) is 24.6 Å². The molecule has 1 saturated heterocycles. The number of fused-ring (bicyclic) bond motifs is 2. The van der Waals surface area contributed by atoms with Gasteiger partial charge in [0.05, 0.1) is 48.4 Å². The number of imidazole rings is 1. The number of carbonyl (C=O) groups is 1. The van der Waals surface area contributed by atoms with Crippen LogP contribution in [0, 0.1) is 0 Å². The lowest BCUT2D eigenvalue weighted by atomic mass is 10.1. The van der Waals surface area contributed by atoms with Crippen molar-refractivity contribution in [2.75, 3.05) is 31.2 Å². The molecule has 0 aliphatic carbocycles. The molecule has 0 amide bonds. The first-order chi connectivity index (χ1) is 18.7. The smallest absolute Gasteiger partial charge is 0.303 e. The molecule has 190 valence electrons. The normalized spacial score (nSPS) is 14.1. The van der Waals surface area contributed by atoms with Crippen LogP contribution in [0.4, 0.5) is 5.69 Å². The number of aryl methyl sites for hydroxylation is 1. The third-order valence-electron chi connectivity index (χ3n) is 6.60. The fourth-order valence-corrected chi connectivity index (χ4v) is 4.68. The van der Waals surface area contributed by atoms with Crippen LogP contribution in [0.15, 0.2) is 67.0 Å². The van der Waals surface area contributed by atoms with E-state index in [1.807, 2.05) is 65.2 Å². The molecule has 38 heavy (non-hydrogen) atoms. The maximum absolute atomic E-state index is 11.0. The summed E-state index contributed by atoms with van der Waals surface area (Å²) in [5.74, 6) is -0.841. The van der Waals surface area contributed by atoms with Crippen LogP contribution in [0.2, 0.25) is 0 Å². The van der Waals surface area contributed by atoms with Gasteiger partial charge in [0.25, 0.3) is 0 Å². The lowest BCUT2D eigenvalue weighted by Crippen LogP contribution is -2.36. The molecule has 0 spiro atoms. The number of carboxylic acids is 1. The van der Waals surface area contributed by atoms with Gasteiger partial charge in [-0.25, -0.2) is 14.5 Å². The first-order valence-corrected chi connectivity index (χ1v) is 12.6. The molecule has 5 aromatic rings. The molecular weight excluding hydrogens is 480 g/mol. The fourth-order valence-electron chi connectivity index (χ4n) is 4.68. The topological polar surface area (TPSA) is 106 Å². The summed E-state index contributed by atoms with van der Waals surface area (Å²) < 4.78 is 7.40. The second kappa shape index (κ2) is 10.4. The van der Waals surface area contributed by atoms with Crippen LogP contribution in [0.5, 0.6) is 0 Å². The van der Waals surface area contributed by atoms with Crippen molar-refractivity contribution in [3.8, 4) is 11.3 Å². The molecule has 1 aromatic carbocycles. The minimum Gasteiger partial charge on any atom is -0.481 e. The molecule has 0 bridgehead atoms. The maximum Gasteiger partial charge on any atom is 0.303 e. The van der Waals surface area contributed by atoms with Gasteiger partial charge in [-0.05, 0) is 42.5 Å². The van der Waals surface area contributed by atoms with E-state index in [1.54, 1.807) is 12.4 Å². The third kappa shape index (κ3) is 4.83. The van der Waals surface area contributed by atoms with Gasteiger partial charge in [-0.1, -0.05) is 24.3 Å². The Bertz CT molecular complexity index is 1640. The standard InChI is InChI=1S/C29H26N6O3/c36-27(37)12-10-22-7-6-21(19-30-22)28-25(11-9-23-8-5-20-3-1-2-4-24(20)32-23)33-29-26(13-14-31-35(28)29)34-15-17-38-18-16-34/h1-9,11,13-14,19H,10,12,15-18H2,(H,36,37). The lowest BCUT2D eigenvalue weighted by Gasteiger charge is -2.28. The summed E-state index contributed by atoms with van der Waals surface area (Å²) in [4.78, 5) is 27.5. The number of hydrogen-bond donors (Lipinski definition) is 1. The molecule has 1 aliphatic rings. The number of nitrogens with zero attached hydrogens (tertiary/aromatic N) is 6. The molecule has 6 rings (SSSR count). The zero-order valence-corrected chi connectivity index (χ0v) is 20.7. The van der Waals surface area contributed by atoms with E-state index in [4.69, 9.17) is 19.8 Å². The highest BCUT2D eigenvalue weighted by Crippen LogP contribution is 2.30. The van der Waals surface area contributed by atoms with Crippen molar-refractivity contribution in [2.45, 2.75) is 12.8 Å². The monoisotopic (exact) mass is 506 g/mol. The van der Waals surface area contributed by atoms with Crippen LogP contribution in [-0.4, -0.2) is 61.9 Å². The molecule has 0 radical (unpaired) electrons. The van der Waals surface area contributed by atoms with Crippen molar-refractivity contribution in [3.05, 3.63) is 84.1 Å². The van der Waals surface area contributed by atoms with Crippen LogP contribution < -0.4 is 4.90 Å². The quantitative estimate of drug-likeness (QED) is 0.347. The Hall–Kier alpha value is -4.63. The number of aromatic nitrogens is 5. The molecule has 9 heteroatoms. The SMILES string of the molecule is O=C(O)CCc1ccc(-c2c(C=Cc3ccc4ccccc4n3)nc3c(N4CCOCC4)ccnn23)cn1. The van der Waals surface area contributed by atoms with Crippen molar-refractivity contribution < 1.29 is 14.6 Å². The Morgan fingerprint density at radius 3 is 2.68 bits per heavy atom. The summed E-state index contributed by atoms with van der Waals surface area (Å²) in [5.41, 5.74) is 6.64. The minimum absolute atomic E-state index is 0.0408. The molecule has 4 aromatic heterocycles. The molecular formula is C29H26N6O3. The van der Waals surface area contributed by atoms with E-state index in [1.165, 1.54) is 0 Å². The Morgan fingerprint density at radius 1 is 1.00 bits per heavy atom. The van der Waals surface area contributed by atoms with E-state index in [-0.39, 0.29) is 6.42 Å². The number of morpholine rings is 1. The highest BCUT2D eigenvalue weighted by molar-refractivity contribution is 5.84. The van der Waals surface area contributed by atoms with Crippen molar-refractivity contribution in [3.63, 3.8) is 0 Å². The molecule has 1 N–H and O–H groups in total. The molecule has 1 fully saturated rings. The Labute approximate surface area is 219 Å². The van der Waals surface area contributed by atoms with Gasteiger partial charge in [-0.2, -0.15) is 5.10 Å². The second-order valence-electron chi connectivity index (χ2n) is 9.09. The number of ether oxygens (including phenoxy) is 1. The van der Waals surface area contributed by atoms with Gasteiger partial charge in [0.1, 0.15) is 5.69 Å².